The molecule has 3 fully saturated rings. The number of alkyl halides is 1. The zero-order valence-corrected chi connectivity index (χ0v) is 25.9. The molecule has 0 aliphatic carbocycles. The third-order valence-electron chi connectivity index (χ3n) is 8.76. The summed E-state index contributed by atoms with van der Waals surface area (Å²) in [6.07, 6.45) is 6.16. The van der Waals surface area contributed by atoms with Gasteiger partial charge in [0, 0.05) is 31.0 Å². The van der Waals surface area contributed by atoms with E-state index in [1.165, 1.54) is 0 Å². The predicted octanol–water partition coefficient (Wildman–Crippen LogP) is 3.58. The van der Waals surface area contributed by atoms with Crippen LogP contribution in [0.25, 0.3) is 0 Å². The highest BCUT2D eigenvalue weighted by Gasteiger charge is 2.77. The molecule has 3 aliphatic rings. The summed E-state index contributed by atoms with van der Waals surface area (Å²) >= 11 is 3.76. The Morgan fingerprint density at radius 3 is 2.37 bits per heavy atom. The van der Waals surface area contributed by atoms with Gasteiger partial charge in [-0.3, -0.25) is 14.4 Å². The normalized spacial score (nSPS) is 28.8. The second-order valence-electron chi connectivity index (χ2n) is 11.4. The van der Waals surface area contributed by atoms with E-state index in [0.717, 1.165) is 24.8 Å². The van der Waals surface area contributed by atoms with Crippen LogP contribution >= 0.6 is 15.9 Å². The molecule has 1 aromatic carbocycles. The molecule has 9 heteroatoms. The van der Waals surface area contributed by atoms with E-state index in [0.29, 0.717) is 39.0 Å². The van der Waals surface area contributed by atoms with Crippen molar-refractivity contribution in [3.8, 4) is 0 Å². The van der Waals surface area contributed by atoms with Crippen molar-refractivity contribution < 1.29 is 24.2 Å². The second kappa shape index (κ2) is 13.7. The molecule has 3 saturated heterocycles. The van der Waals surface area contributed by atoms with E-state index in [1.54, 1.807) is 26.9 Å². The van der Waals surface area contributed by atoms with E-state index in [9.17, 15) is 19.5 Å². The van der Waals surface area contributed by atoms with Gasteiger partial charge in [0.1, 0.15) is 11.6 Å². The first-order valence-electron chi connectivity index (χ1n) is 14.9. The summed E-state index contributed by atoms with van der Waals surface area (Å²) in [4.78, 5) is 48.0. The molecule has 3 heterocycles. The Balaban J connectivity index is 1.81. The standard InChI is InChI=1S/C32H44BrN3O5/c1-5-9-18-35(17-8-4)31(40)28-32-20-24(33)27(41-32)25(29(38)34(15-6-2)16-7-3)26(32)30(39)36(28)23(21-37)19-22-13-11-10-12-14-22/h6,8,10-14,23-28,37H,2,4-5,7,9,15-21H2,1,3H3/t23-,24?,25+,26+,27+,28?,32?/m1/s1. The lowest BCUT2D eigenvalue weighted by atomic mass is 9.70. The molecule has 0 aromatic heterocycles. The molecule has 224 valence electrons. The highest BCUT2D eigenvalue weighted by atomic mass is 79.9. The minimum Gasteiger partial charge on any atom is -0.394 e. The van der Waals surface area contributed by atoms with E-state index in [2.05, 4.69) is 36.0 Å². The van der Waals surface area contributed by atoms with Crippen LogP contribution in [0, 0.1) is 11.8 Å². The van der Waals surface area contributed by atoms with Crippen LogP contribution in [-0.2, 0) is 25.5 Å². The summed E-state index contributed by atoms with van der Waals surface area (Å²) in [5.74, 6) is -2.19. The minimum absolute atomic E-state index is 0.147. The molecular formula is C32H44BrN3O5. The first-order chi connectivity index (χ1) is 19.8. The van der Waals surface area contributed by atoms with Crippen LogP contribution in [0.5, 0.6) is 0 Å². The lowest BCUT2D eigenvalue weighted by molar-refractivity contribution is -0.151. The number of hydrogen-bond acceptors (Lipinski definition) is 5. The van der Waals surface area contributed by atoms with Gasteiger partial charge in [-0.05, 0) is 31.2 Å². The number of fused-ring (bicyclic) bond motifs is 1. The third-order valence-corrected chi connectivity index (χ3v) is 9.61. The zero-order valence-electron chi connectivity index (χ0n) is 24.3. The lowest BCUT2D eigenvalue weighted by Gasteiger charge is -2.39. The van der Waals surface area contributed by atoms with Gasteiger partial charge in [0.2, 0.25) is 17.7 Å². The van der Waals surface area contributed by atoms with Gasteiger partial charge in [0.15, 0.2) is 0 Å². The highest BCUT2D eigenvalue weighted by Crippen LogP contribution is 2.61. The van der Waals surface area contributed by atoms with Crippen molar-refractivity contribution in [3.05, 3.63) is 61.2 Å². The van der Waals surface area contributed by atoms with Crippen LogP contribution < -0.4 is 0 Å². The Morgan fingerprint density at radius 2 is 1.78 bits per heavy atom. The van der Waals surface area contributed by atoms with Crippen LogP contribution in [0.3, 0.4) is 0 Å². The maximum atomic E-state index is 14.6. The molecule has 3 unspecified atom stereocenters. The maximum Gasteiger partial charge on any atom is 0.248 e. The van der Waals surface area contributed by atoms with Gasteiger partial charge in [-0.15, -0.1) is 13.2 Å². The first-order valence-corrected chi connectivity index (χ1v) is 15.8. The number of carbonyl (C=O) groups excluding carboxylic acids is 3. The number of benzene rings is 1. The molecule has 41 heavy (non-hydrogen) atoms. The molecule has 1 aromatic rings. The number of rotatable bonds is 15. The number of hydrogen-bond donors (Lipinski definition) is 1. The molecule has 0 radical (unpaired) electrons. The van der Waals surface area contributed by atoms with Gasteiger partial charge < -0.3 is 24.5 Å². The van der Waals surface area contributed by atoms with Gasteiger partial charge >= 0.3 is 0 Å². The topological polar surface area (TPSA) is 90.4 Å². The number of halogens is 1. The van der Waals surface area contributed by atoms with Crippen LogP contribution in [0.15, 0.2) is 55.6 Å². The molecule has 7 atom stereocenters. The number of nitrogens with zero attached hydrogens (tertiary/aromatic N) is 3. The minimum atomic E-state index is -1.17. The predicted molar refractivity (Wildman–Crippen MR) is 162 cm³/mol. The lowest BCUT2D eigenvalue weighted by Crippen LogP contribution is -2.59. The van der Waals surface area contributed by atoms with Crippen molar-refractivity contribution in [3.63, 3.8) is 0 Å². The first kappa shape index (κ1) is 31.4. The average molecular weight is 631 g/mol. The molecule has 2 bridgehead atoms. The molecule has 3 aliphatic heterocycles. The molecule has 1 spiro atoms. The fourth-order valence-electron chi connectivity index (χ4n) is 7.06. The van der Waals surface area contributed by atoms with Crippen molar-refractivity contribution in [2.45, 2.75) is 74.6 Å². The van der Waals surface area contributed by atoms with Crippen LogP contribution in [0.2, 0.25) is 0 Å². The van der Waals surface area contributed by atoms with E-state index >= 15 is 0 Å². The largest absolute Gasteiger partial charge is 0.394 e. The summed E-state index contributed by atoms with van der Waals surface area (Å²) in [6.45, 7) is 13.2. The smallest absolute Gasteiger partial charge is 0.248 e. The number of amides is 3. The third kappa shape index (κ3) is 5.77. The molecule has 3 amide bonds. The Labute approximate surface area is 252 Å². The fourth-order valence-corrected chi connectivity index (χ4v) is 8.00. The number of likely N-dealkylation sites (tertiary alicyclic amines) is 1. The summed E-state index contributed by atoms with van der Waals surface area (Å²) in [6, 6.07) is 8.04. The van der Waals surface area contributed by atoms with Crippen molar-refractivity contribution in [2.24, 2.45) is 11.8 Å². The van der Waals surface area contributed by atoms with Gasteiger partial charge in [-0.2, -0.15) is 0 Å². The highest BCUT2D eigenvalue weighted by molar-refractivity contribution is 9.09. The van der Waals surface area contributed by atoms with Crippen molar-refractivity contribution in [2.75, 3.05) is 32.8 Å². The Kier molecular flexibility index (Phi) is 10.5. The number of carbonyl (C=O) groups is 3. The number of ether oxygens (including phenoxy) is 1. The summed E-state index contributed by atoms with van der Waals surface area (Å²) in [5.41, 5.74) is -0.222. The second-order valence-corrected chi connectivity index (χ2v) is 12.6. The number of aliphatic hydroxyl groups excluding tert-OH is 1. The Bertz CT molecular complexity index is 1120. The van der Waals surface area contributed by atoms with Crippen molar-refractivity contribution >= 4 is 33.7 Å². The number of unbranched alkanes of at least 4 members (excludes halogenated alkanes) is 1. The van der Waals surface area contributed by atoms with Crippen LogP contribution in [0.4, 0.5) is 0 Å². The van der Waals surface area contributed by atoms with Crippen LogP contribution in [0.1, 0.15) is 45.1 Å². The Hall–Kier alpha value is -2.49. The van der Waals surface area contributed by atoms with E-state index in [4.69, 9.17) is 4.74 Å². The molecule has 8 nitrogen and oxygen atoms in total. The molecule has 4 rings (SSSR count). The van der Waals surface area contributed by atoms with E-state index < -0.39 is 35.6 Å². The van der Waals surface area contributed by atoms with Gasteiger partial charge in [-0.25, -0.2) is 0 Å². The quantitative estimate of drug-likeness (QED) is 0.237. The van der Waals surface area contributed by atoms with Gasteiger partial charge in [0.05, 0.1) is 30.6 Å². The zero-order chi connectivity index (χ0) is 29.7. The molecule has 1 N–H and O–H groups in total. The summed E-state index contributed by atoms with van der Waals surface area (Å²) in [5, 5.41) is 10.7. The summed E-state index contributed by atoms with van der Waals surface area (Å²) < 4.78 is 6.71. The van der Waals surface area contributed by atoms with E-state index in [1.807, 2.05) is 37.3 Å². The SMILES string of the molecule is C=CCN(CCCC)C(=O)C1N([C@@H](CO)Cc2ccccc2)C(=O)[C@@H]2[C@H](C(=O)N(CC=C)CCC)[C@H]3OC12CC3Br. The maximum absolute atomic E-state index is 14.6. The molecule has 0 saturated carbocycles. The molecular weight excluding hydrogens is 586 g/mol. The number of aliphatic hydroxyl groups is 1. The van der Waals surface area contributed by atoms with Gasteiger partial charge in [-0.1, -0.05) is 78.7 Å². The summed E-state index contributed by atoms with van der Waals surface area (Å²) in [7, 11) is 0. The Morgan fingerprint density at radius 1 is 1.12 bits per heavy atom. The van der Waals surface area contributed by atoms with Gasteiger partial charge in [0.25, 0.3) is 0 Å². The van der Waals surface area contributed by atoms with Crippen molar-refractivity contribution in [1.29, 1.82) is 0 Å². The van der Waals surface area contributed by atoms with E-state index in [-0.39, 0.29) is 29.2 Å². The van der Waals surface area contributed by atoms with Crippen molar-refractivity contribution in [1.82, 2.24) is 14.7 Å². The average Bonchev–Trinajstić information content (AvgIpc) is 3.57. The monoisotopic (exact) mass is 629 g/mol. The van der Waals surface area contributed by atoms with Crippen LogP contribution in [-0.4, -0.2) is 98.9 Å². The fraction of sp³-hybridized carbons (Fsp3) is 0.594.